The largest absolute Gasteiger partial charge is 0.309 e. The van der Waals surface area contributed by atoms with E-state index in [1.807, 2.05) is 12.1 Å². The van der Waals surface area contributed by atoms with E-state index in [1.54, 1.807) is 0 Å². The molecule has 0 spiro atoms. The molecule has 0 aromatic heterocycles. The van der Waals surface area contributed by atoms with E-state index in [0.29, 0.717) is 12.1 Å². The Labute approximate surface area is 102 Å². The van der Waals surface area contributed by atoms with Crippen LogP contribution < -0.4 is 5.32 Å². The van der Waals surface area contributed by atoms with Crippen LogP contribution >= 0.6 is 11.6 Å². The molecule has 1 aromatic rings. The Hall–Kier alpha value is -0.570. The van der Waals surface area contributed by atoms with E-state index >= 15 is 0 Å². The second kappa shape index (κ2) is 4.36. The Kier molecular flexibility index (Phi) is 2.88. The van der Waals surface area contributed by atoms with Crippen molar-refractivity contribution in [3.63, 3.8) is 0 Å². The molecule has 2 aliphatic rings. The van der Waals surface area contributed by atoms with Gasteiger partial charge in [0.25, 0.3) is 0 Å². The van der Waals surface area contributed by atoms with Crippen LogP contribution in [0.15, 0.2) is 24.3 Å². The fourth-order valence-corrected chi connectivity index (χ4v) is 3.08. The highest BCUT2D eigenvalue weighted by Gasteiger charge is 2.31. The first-order chi connectivity index (χ1) is 7.81. The van der Waals surface area contributed by atoms with Crippen LogP contribution in [0, 0.1) is 0 Å². The average Bonchev–Trinajstić information content (AvgIpc) is 2.62. The molecule has 0 radical (unpaired) electrons. The molecular weight excluding hydrogens is 220 g/mol. The van der Waals surface area contributed by atoms with E-state index in [-0.39, 0.29) is 0 Å². The zero-order valence-electron chi connectivity index (χ0n) is 9.32. The second-order valence-corrected chi connectivity index (χ2v) is 5.33. The summed E-state index contributed by atoms with van der Waals surface area (Å²) in [5, 5.41) is 4.54. The molecule has 86 valence electrons. The minimum atomic E-state index is 0.709. The Bertz CT molecular complexity index is 368. The molecule has 1 aromatic carbocycles. The lowest BCUT2D eigenvalue weighted by Crippen LogP contribution is -2.50. The van der Waals surface area contributed by atoms with Crippen molar-refractivity contribution in [2.24, 2.45) is 0 Å². The fraction of sp³-hybridized carbons (Fsp3) is 0.538. The summed E-state index contributed by atoms with van der Waals surface area (Å²) in [7, 11) is 0. The highest BCUT2D eigenvalue weighted by Crippen LogP contribution is 2.23. The molecule has 0 aliphatic carbocycles. The average molecular weight is 237 g/mol. The molecule has 3 rings (SSSR count). The van der Waals surface area contributed by atoms with Crippen molar-refractivity contribution in [3.05, 3.63) is 34.9 Å². The van der Waals surface area contributed by atoms with E-state index in [0.717, 1.165) is 11.6 Å². The zero-order chi connectivity index (χ0) is 11.0. The third kappa shape index (κ3) is 2.10. The van der Waals surface area contributed by atoms with Crippen molar-refractivity contribution in [1.29, 1.82) is 0 Å². The van der Waals surface area contributed by atoms with Gasteiger partial charge >= 0.3 is 0 Å². The Morgan fingerprint density at radius 2 is 1.88 bits per heavy atom. The molecule has 2 aliphatic heterocycles. The lowest BCUT2D eigenvalue weighted by atomic mass is 10.1. The molecule has 2 heterocycles. The summed E-state index contributed by atoms with van der Waals surface area (Å²) in [6.45, 7) is 3.33. The summed E-state index contributed by atoms with van der Waals surface area (Å²) in [4.78, 5) is 2.53. The molecular formula is C13H17ClN2. The van der Waals surface area contributed by atoms with Gasteiger partial charge in [-0.2, -0.15) is 0 Å². The molecule has 0 amide bonds. The molecule has 2 fully saturated rings. The molecule has 3 heteroatoms. The lowest BCUT2D eigenvalue weighted by Gasteiger charge is -2.33. The smallest absolute Gasteiger partial charge is 0.0451 e. The zero-order valence-corrected chi connectivity index (χ0v) is 10.1. The maximum absolute atomic E-state index is 6.19. The third-order valence-electron chi connectivity index (χ3n) is 3.64. The summed E-state index contributed by atoms with van der Waals surface area (Å²) >= 11 is 6.19. The van der Waals surface area contributed by atoms with E-state index in [1.165, 1.54) is 31.5 Å². The molecule has 2 bridgehead atoms. The fourth-order valence-electron chi connectivity index (χ4n) is 2.88. The first kappa shape index (κ1) is 10.6. The van der Waals surface area contributed by atoms with E-state index < -0.39 is 0 Å². The Morgan fingerprint density at radius 1 is 1.19 bits per heavy atom. The lowest BCUT2D eigenvalue weighted by molar-refractivity contribution is 0.189. The van der Waals surface area contributed by atoms with Crippen molar-refractivity contribution in [2.45, 2.75) is 31.5 Å². The van der Waals surface area contributed by atoms with Gasteiger partial charge in [-0.3, -0.25) is 4.90 Å². The Morgan fingerprint density at radius 3 is 2.56 bits per heavy atom. The number of piperazine rings is 1. The highest BCUT2D eigenvalue weighted by atomic mass is 35.5. The van der Waals surface area contributed by atoms with Gasteiger partial charge in [0.2, 0.25) is 0 Å². The summed E-state index contributed by atoms with van der Waals surface area (Å²) in [6.07, 6.45) is 2.67. The molecule has 2 unspecified atom stereocenters. The minimum absolute atomic E-state index is 0.709. The van der Waals surface area contributed by atoms with Gasteiger partial charge in [0.05, 0.1) is 0 Å². The quantitative estimate of drug-likeness (QED) is 0.848. The van der Waals surface area contributed by atoms with Crippen LogP contribution in [0.2, 0.25) is 5.02 Å². The maximum Gasteiger partial charge on any atom is 0.0451 e. The van der Waals surface area contributed by atoms with Gasteiger partial charge in [0, 0.05) is 36.7 Å². The van der Waals surface area contributed by atoms with E-state index in [2.05, 4.69) is 22.3 Å². The normalized spacial score (nSPS) is 29.6. The minimum Gasteiger partial charge on any atom is -0.309 e. The number of fused-ring (bicyclic) bond motifs is 2. The third-order valence-corrected chi connectivity index (χ3v) is 4.01. The van der Waals surface area contributed by atoms with Crippen LogP contribution in [0.25, 0.3) is 0 Å². The number of benzene rings is 1. The summed E-state index contributed by atoms with van der Waals surface area (Å²) in [6, 6.07) is 9.59. The number of nitrogens with one attached hydrogen (secondary N) is 1. The van der Waals surface area contributed by atoms with Crippen molar-refractivity contribution < 1.29 is 0 Å². The molecule has 2 nitrogen and oxygen atoms in total. The summed E-state index contributed by atoms with van der Waals surface area (Å²) in [5.41, 5.74) is 1.26. The first-order valence-corrected chi connectivity index (χ1v) is 6.41. The highest BCUT2D eigenvalue weighted by molar-refractivity contribution is 6.31. The van der Waals surface area contributed by atoms with E-state index in [4.69, 9.17) is 11.6 Å². The first-order valence-electron chi connectivity index (χ1n) is 6.03. The number of rotatable bonds is 2. The number of likely N-dealkylation sites (tertiary alicyclic amines) is 1. The van der Waals surface area contributed by atoms with E-state index in [9.17, 15) is 0 Å². The summed E-state index contributed by atoms with van der Waals surface area (Å²) in [5.74, 6) is 0. The number of nitrogens with zero attached hydrogens (tertiary/aromatic N) is 1. The van der Waals surface area contributed by atoms with Crippen molar-refractivity contribution in [3.8, 4) is 0 Å². The van der Waals surface area contributed by atoms with Crippen LogP contribution in [0.3, 0.4) is 0 Å². The summed E-state index contributed by atoms with van der Waals surface area (Å²) < 4.78 is 0. The SMILES string of the molecule is Clc1ccccc1CN1CC2CCC(C1)N2. The number of hydrogen-bond donors (Lipinski definition) is 1. The standard InChI is InChI=1S/C13H17ClN2/c14-13-4-2-1-3-10(13)7-16-8-11-5-6-12(9-16)15-11/h1-4,11-12,15H,5-9H2. The molecule has 0 saturated carbocycles. The second-order valence-electron chi connectivity index (χ2n) is 4.92. The van der Waals surface area contributed by atoms with Gasteiger partial charge in [-0.25, -0.2) is 0 Å². The van der Waals surface area contributed by atoms with Crippen LogP contribution in [-0.2, 0) is 6.54 Å². The maximum atomic E-state index is 6.19. The van der Waals surface area contributed by atoms with Gasteiger partial charge in [0.15, 0.2) is 0 Å². The molecule has 16 heavy (non-hydrogen) atoms. The van der Waals surface area contributed by atoms with Gasteiger partial charge in [-0.1, -0.05) is 29.8 Å². The van der Waals surface area contributed by atoms with Crippen LogP contribution in [0.5, 0.6) is 0 Å². The van der Waals surface area contributed by atoms with Crippen LogP contribution in [0.1, 0.15) is 18.4 Å². The predicted octanol–water partition coefficient (Wildman–Crippen LogP) is 2.28. The van der Waals surface area contributed by atoms with Gasteiger partial charge < -0.3 is 5.32 Å². The van der Waals surface area contributed by atoms with Gasteiger partial charge in [-0.05, 0) is 24.5 Å². The van der Waals surface area contributed by atoms with Gasteiger partial charge in [-0.15, -0.1) is 0 Å². The number of halogens is 1. The predicted molar refractivity (Wildman–Crippen MR) is 66.7 cm³/mol. The number of hydrogen-bond acceptors (Lipinski definition) is 2. The van der Waals surface area contributed by atoms with Crippen molar-refractivity contribution in [2.75, 3.05) is 13.1 Å². The van der Waals surface area contributed by atoms with Crippen LogP contribution in [-0.4, -0.2) is 30.1 Å². The van der Waals surface area contributed by atoms with Crippen LogP contribution in [0.4, 0.5) is 0 Å². The molecule has 2 saturated heterocycles. The molecule has 1 N–H and O–H groups in total. The van der Waals surface area contributed by atoms with Crippen molar-refractivity contribution >= 4 is 11.6 Å². The van der Waals surface area contributed by atoms with Crippen molar-refractivity contribution in [1.82, 2.24) is 10.2 Å². The molecule has 2 atom stereocenters. The topological polar surface area (TPSA) is 15.3 Å². The van der Waals surface area contributed by atoms with Gasteiger partial charge in [0.1, 0.15) is 0 Å². The Balaban J connectivity index is 1.69. The monoisotopic (exact) mass is 236 g/mol.